The summed E-state index contributed by atoms with van der Waals surface area (Å²) in [6.07, 6.45) is 1.83. The minimum absolute atomic E-state index is 0.687. The molecule has 0 saturated carbocycles. The van der Waals surface area contributed by atoms with Crippen LogP contribution in [0.5, 0.6) is 0 Å². The van der Waals surface area contributed by atoms with Crippen molar-refractivity contribution < 1.29 is 0 Å². The lowest BCUT2D eigenvalue weighted by atomic mass is 10.0. The van der Waals surface area contributed by atoms with Crippen LogP contribution in [0.1, 0.15) is 5.56 Å². The van der Waals surface area contributed by atoms with E-state index in [0.717, 1.165) is 32.6 Å². The Morgan fingerprint density at radius 1 is 1.05 bits per heavy atom. The minimum Gasteiger partial charge on any atom is -0.397 e. The highest BCUT2D eigenvalue weighted by atomic mass is 35.5. The minimum atomic E-state index is 0.687. The summed E-state index contributed by atoms with van der Waals surface area (Å²) in [7, 11) is 0. The molecule has 0 bridgehead atoms. The van der Waals surface area contributed by atoms with Crippen molar-refractivity contribution in [3.63, 3.8) is 0 Å². The predicted molar refractivity (Wildman–Crippen MR) is 81.3 cm³/mol. The highest BCUT2D eigenvalue weighted by Gasteiger charge is 2.10. The van der Waals surface area contributed by atoms with Crippen molar-refractivity contribution in [1.82, 2.24) is 4.98 Å². The molecule has 0 saturated heterocycles. The quantitative estimate of drug-likeness (QED) is 0.708. The molecule has 2 nitrogen and oxygen atoms in total. The van der Waals surface area contributed by atoms with E-state index in [1.165, 1.54) is 0 Å². The third-order valence-electron chi connectivity index (χ3n) is 3.18. The summed E-state index contributed by atoms with van der Waals surface area (Å²) in [6.45, 7) is 1.98. The van der Waals surface area contributed by atoms with Crippen LogP contribution >= 0.6 is 11.6 Å². The Labute approximate surface area is 116 Å². The average molecular weight is 269 g/mol. The van der Waals surface area contributed by atoms with Gasteiger partial charge in [-0.1, -0.05) is 41.9 Å². The van der Waals surface area contributed by atoms with E-state index in [1.807, 2.05) is 55.6 Å². The van der Waals surface area contributed by atoms with Crippen LogP contribution in [0.3, 0.4) is 0 Å². The van der Waals surface area contributed by atoms with Crippen molar-refractivity contribution in [1.29, 1.82) is 0 Å². The van der Waals surface area contributed by atoms with Gasteiger partial charge in [-0.25, -0.2) is 0 Å². The van der Waals surface area contributed by atoms with Crippen LogP contribution < -0.4 is 5.73 Å². The molecule has 0 aliphatic heterocycles. The Morgan fingerprint density at radius 3 is 2.53 bits per heavy atom. The van der Waals surface area contributed by atoms with Gasteiger partial charge in [0, 0.05) is 22.2 Å². The largest absolute Gasteiger partial charge is 0.397 e. The van der Waals surface area contributed by atoms with Gasteiger partial charge in [0.15, 0.2) is 0 Å². The van der Waals surface area contributed by atoms with Gasteiger partial charge in [-0.15, -0.1) is 0 Å². The smallest absolute Gasteiger partial charge is 0.0937 e. The van der Waals surface area contributed by atoms with E-state index in [2.05, 4.69) is 4.98 Å². The first kappa shape index (κ1) is 12.0. The fraction of sp³-hybridized carbons (Fsp3) is 0.0625. The summed E-state index contributed by atoms with van der Waals surface area (Å²) in [4.78, 5) is 4.46. The van der Waals surface area contributed by atoms with Crippen LogP contribution in [0.4, 0.5) is 5.69 Å². The first-order valence-corrected chi connectivity index (χ1v) is 6.44. The predicted octanol–water partition coefficient (Wildman–Crippen LogP) is 4.45. The number of nitrogen functional groups attached to an aromatic ring is 1. The molecule has 0 amide bonds. The van der Waals surface area contributed by atoms with Crippen molar-refractivity contribution in [3.8, 4) is 11.3 Å². The Hall–Kier alpha value is -2.06. The lowest BCUT2D eigenvalue weighted by molar-refractivity contribution is 1.28. The Kier molecular flexibility index (Phi) is 2.88. The molecule has 19 heavy (non-hydrogen) atoms. The molecule has 1 aromatic heterocycles. The Morgan fingerprint density at radius 2 is 1.79 bits per heavy atom. The molecule has 0 aliphatic rings. The van der Waals surface area contributed by atoms with Crippen molar-refractivity contribution in [2.24, 2.45) is 0 Å². The van der Waals surface area contributed by atoms with Crippen LogP contribution in [0, 0.1) is 6.92 Å². The van der Waals surface area contributed by atoms with E-state index in [1.54, 1.807) is 0 Å². The van der Waals surface area contributed by atoms with Crippen molar-refractivity contribution in [2.75, 3.05) is 5.73 Å². The molecule has 0 unspecified atom stereocenters. The van der Waals surface area contributed by atoms with Gasteiger partial charge in [0.05, 0.1) is 11.4 Å². The van der Waals surface area contributed by atoms with Gasteiger partial charge in [0.2, 0.25) is 0 Å². The lowest BCUT2D eigenvalue weighted by Gasteiger charge is -2.10. The topological polar surface area (TPSA) is 38.9 Å². The van der Waals surface area contributed by atoms with Gasteiger partial charge in [-0.2, -0.15) is 0 Å². The number of benzene rings is 2. The summed E-state index contributed by atoms with van der Waals surface area (Å²) in [5.74, 6) is 0. The van der Waals surface area contributed by atoms with Gasteiger partial charge in [-0.05, 0) is 30.0 Å². The normalized spacial score (nSPS) is 10.8. The zero-order chi connectivity index (χ0) is 13.4. The van der Waals surface area contributed by atoms with Gasteiger partial charge in [0.1, 0.15) is 0 Å². The molecule has 0 atom stereocenters. The summed E-state index contributed by atoms with van der Waals surface area (Å²) >= 11 is 6.23. The number of fused-ring (bicyclic) bond motifs is 1. The first-order chi connectivity index (χ1) is 9.16. The summed E-state index contributed by atoms with van der Waals surface area (Å²) < 4.78 is 0. The first-order valence-electron chi connectivity index (χ1n) is 6.06. The van der Waals surface area contributed by atoms with Crippen molar-refractivity contribution in [2.45, 2.75) is 6.92 Å². The molecule has 3 aromatic rings. The van der Waals surface area contributed by atoms with E-state index in [4.69, 9.17) is 17.3 Å². The maximum atomic E-state index is 6.23. The van der Waals surface area contributed by atoms with Crippen LogP contribution in [0.25, 0.3) is 22.0 Å². The van der Waals surface area contributed by atoms with Crippen LogP contribution in [0.15, 0.2) is 48.7 Å². The van der Waals surface area contributed by atoms with E-state index in [0.29, 0.717) is 5.69 Å². The zero-order valence-corrected chi connectivity index (χ0v) is 11.3. The van der Waals surface area contributed by atoms with E-state index < -0.39 is 0 Å². The van der Waals surface area contributed by atoms with Crippen molar-refractivity contribution >= 4 is 28.1 Å². The maximum absolute atomic E-state index is 6.23. The number of hydrogen-bond donors (Lipinski definition) is 1. The van der Waals surface area contributed by atoms with Crippen molar-refractivity contribution in [3.05, 3.63) is 59.2 Å². The molecule has 3 heteroatoms. The van der Waals surface area contributed by atoms with Gasteiger partial charge < -0.3 is 5.73 Å². The molecule has 0 spiro atoms. The summed E-state index contributed by atoms with van der Waals surface area (Å²) in [6, 6.07) is 13.8. The molecular formula is C16H13ClN2. The van der Waals surface area contributed by atoms with Gasteiger partial charge in [-0.3, -0.25) is 4.98 Å². The third-order valence-corrected chi connectivity index (χ3v) is 3.51. The standard InChI is InChI=1S/C16H13ClN2/c1-10-8-15(18)16(19-9-10)13-6-7-14(17)12-5-3-2-4-11(12)13/h2-9H,18H2,1H3. The third kappa shape index (κ3) is 2.04. The fourth-order valence-corrected chi connectivity index (χ4v) is 2.51. The number of nitrogens with two attached hydrogens (primary N) is 1. The Bertz CT molecular complexity index is 766. The number of hydrogen-bond acceptors (Lipinski definition) is 2. The second-order valence-corrected chi connectivity index (χ2v) is 5.00. The monoisotopic (exact) mass is 268 g/mol. The summed E-state index contributed by atoms with van der Waals surface area (Å²) in [5, 5.41) is 2.83. The van der Waals surface area contributed by atoms with E-state index >= 15 is 0 Å². The van der Waals surface area contributed by atoms with Gasteiger partial charge in [0.25, 0.3) is 0 Å². The zero-order valence-electron chi connectivity index (χ0n) is 10.5. The average Bonchev–Trinajstić information content (AvgIpc) is 2.41. The summed E-state index contributed by atoms with van der Waals surface area (Å²) in [5.41, 5.74) is 9.65. The van der Waals surface area contributed by atoms with Crippen LogP contribution in [-0.2, 0) is 0 Å². The highest BCUT2D eigenvalue weighted by Crippen LogP contribution is 2.34. The number of rotatable bonds is 1. The molecule has 94 valence electrons. The number of pyridine rings is 1. The van der Waals surface area contributed by atoms with E-state index in [-0.39, 0.29) is 0 Å². The number of halogens is 1. The second-order valence-electron chi connectivity index (χ2n) is 4.59. The molecule has 0 radical (unpaired) electrons. The molecule has 0 aliphatic carbocycles. The molecule has 0 fully saturated rings. The van der Waals surface area contributed by atoms with Crippen LogP contribution in [0.2, 0.25) is 5.02 Å². The molecule has 2 N–H and O–H groups in total. The number of aromatic nitrogens is 1. The SMILES string of the molecule is Cc1cnc(-c2ccc(Cl)c3ccccc23)c(N)c1. The molecular weight excluding hydrogens is 256 g/mol. The Balaban J connectivity index is 2.34. The van der Waals surface area contributed by atoms with E-state index in [9.17, 15) is 0 Å². The van der Waals surface area contributed by atoms with Crippen LogP contribution in [-0.4, -0.2) is 4.98 Å². The lowest BCUT2D eigenvalue weighted by Crippen LogP contribution is -1.95. The fourth-order valence-electron chi connectivity index (χ4n) is 2.29. The maximum Gasteiger partial charge on any atom is 0.0937 e. The highest BCUT2D eigenvalue weighted by molar-refractivity contribution is 6.36. The molecule has 3 rings (SSSR count). The number of anilines is 1. The molecule has 1 heterocycles. The second kappa shape index (κ2) is 4.56. The van der Waals surface area contributed by atoms with Gasteiger partial charge >= 0.3 is 0 Å². The number of aryl methyl sites for hydroxylation is 1. The molecule has 2 aromatic carbocycles. The number of nitrogens with zero attached hydrogens (tertiary/aromatic N) is 1.